The number of hydrogen-bond acceptors (Lipinski definition) is 5. The molecule has 0 saturated carbocycles. The number of phenolic OH excluding ortho intramolecular Hbond substituents is 1. The van der Waals surface area contributed by atoms with Crippen molar-refractivity contribution in [1.29, 1.82) is 0 Å². The molecule has 2 aromatic heterocycles. The Morgan fingerprint density at radius 2 is 2.05 bits per heavy atom. The SMILES string of the molecule is O=c1cc(-c2nc(-c3cccc(O)c3)no2)cc[nH]1. The first-order chi connectivity index (χ1) is 9.22. The number of hydrogen-bond donors (Lipinski definition) is 2. The third-order valence-corrected chi connectivity index (χ3v) is 2.55. The lowest BCUT2D eigenvalue weighted by molar-refractivity contribution is 0.432. The summed E-state index contributed by atoms with van der Waals surface area (Å²) in [6.07, 6.45) is 1.51. The summed E-state index contributed by atoms with van der Waals surface area (Å²) in [5.74, 6) is 0.732. The van der Waals surface area contributed by atoms with E-state index in [9.17, 15) is 9.90 Å². The molecule has 0 unspecified atom stereocenters. The number of benzene rings is 1. The van der Waals surface area contributed by atoms with Gasteiger partial charge in [0.15, 0.2) is 0 Å². The van der Waals surface area contributed by atoms with Gasteiger partial charge in [-0.2, -0.15) is 4.98 Å². The number of pyridine rings is 1. The maximum Gasteiger partial charge on any atom is 0.258 e. The Bertz CT molecular complexity index is 776. The molecule has 0 aliphatic rings. The molecular weight excluding hydrogens is 246 g/mol. The summed E-state index contributed by atoms with van der Waals surface area (Å²) in [4.78, 5) is 17.9. The Labute approximate surface area is 107 Å². The number of aromatic amines is 1. The van der Waals surface area contributed by atoms with Gasteiger partial charge in [-0.15, -0.1) is 0 Å². The molecule has 2 N–H and O–H groups in total. The highest BCUT2D eigenvalue weighted by Crippen LogP contribution is 2.23. The van der Waals surface area contributed by atoms with Crippen molar-refractivity contribution in [3.05, 3.63) is 52.9 Å². The van der Waals surface area contributed by atoms with Crippen molar-refractivity contribution >= 4 is 0 Å². The predicted octanol–water partition coefficient (Wildman–Crippen LogP) is 1.80. The van der Waals surface area contributed by atoms with Crippen molar-refractivity contribution in [2.24, 2.45) is 0 Å². The molecule has 0 atom stereocenters. The normalized spacial score (nSPS) is 10.5. The zero-order chi connectivity index (χ0) is 13.2. The second-order valence-electron chi connectivity index (χ2n) is 3.92. The summed E-state index contributed by atoms with van der Waals surface area (Å²) in [5.41, 5.74) is 0.942. The second-order valence-corrected chi connectivity index (χ2v) is 3.92. The van der Waals surface area contributed by atoms with E-state index in [0.717, 1.165) is 0 Å². The quantitative estimate of drug-likeness (QED) is 0.728. The van der Waals surface area contributed by atoms with Crippen LogP contribution < -0.4 is 5.56 Å². The molecule has 2 heterocycles. The molecule has 94 valence electrons. The van der Waals surface area contributed by atoms with Crippen molar-refractivity contribution in [2.45, 2.75) is 0 Å². The third-order valence-electron chi connectivity index (χ3n) is 2.55. The molecule has 6 nitrogen and oxygen atoms in total. The molecule has 0 radical (unpaired) electrons. The number of nitrogens with one attached hydrogen (secondary N) is 1. The number of rotatable bonds is 2. The van der Waals surface area contributed by atoms with Crippen LogP contribution in [-0.4, -0.2) is 20.2 Å². The fourth-order valence-electron chi connectivity index (χ4n) is 1.68. The molecule has 19 heavy (non-hydrogen) atoms. The summed E-state index contributed by atoms with van der Waals surface area (Å²) in [6, 6.07) is 9.58. The second kappa shape index (κ2) is 4.41. The van der Waals surface area contributed by atoms with Crippen molar-refractivity contribution in [3.63, 3.8) is 0 Å². The van der Waals surface area contributed by atoms with Crippen molar-refractivity contribution < 1.29 is 9.63 Å². The summed E-state index contributed by atoms with van der Waals surface area (Å²) in [7, 11) is 0. The highest BCUT2D eigenvalue weighted by atomic mass is 16.5. The maximum atomic E-state index is 11.2. The Morgan fingerprint density at radius 3 is 2.84 bits per heavy atom. The largest absolute Gasteiger partial charge is 0.508 e. The molecule has 3 rings (SSSR count). The van der Waals surface area contributed by atoms with E-state index in [1.165, 1.54) is 18.3 Å². The molecule has 0 spiro atoms. The molecule has 0 aliphatic heterocycles. The smallest absolute Gasteiger partial charge is 0.258 e. The van der Waals surface area contributed by atoms with Gasteiger partial charge in [-0.3, -0.25) is 4.79 Å². The van der Waals surface area contributed by atoms with Crippen LogP contribution in [0.2, 0.25) is 0 Å². The number of H-pyrrole nitrogens is 1. The highest BCUT2D eigenvalue weighted by molar-refractivity contribution is 5.60. The standard InChI is InChI=1S/C13H9N3O3/c17-10-3-1-2-8(6-10)12-15-13(19-16-12)9-4-5-14-11(18)7-9/h1-7,17H,(H,14,18). The Kier molecular flexibility index (Phi) is 2.60. The van der Waals surface area contributed by atoms with Crippen LogP contribution in [0.25, 0.3) is 22.8 Å². The number of phenols is 1. The van der Waals surface area contributed by atoms with Gasteiger partial charge < -0.3 is 14.6 Å². The fourth-order valence-corrected chi connectivity index (χ4v) is 1.68. The van der Waals surface area contributed by atoms with Crippen LogP contribution in [0.5, 0.6) is 5.75 Å². The van der Waals surface area contributed by atoms with Crippen molar-refractivity contribution in [2.75, 3.05) is 0 Å². The summed E-state index contributed by atoms with van der Waals surface area (Å²) in [6.45, 7) is 0. The number of aromatic hydroxyl groups is 1. The van der Waals surface area contributed by atoms with Crippen LogP contribution in [0.3, 0.4) is 0 Å². The average Bonchev–Trinajstić information content (AvgIpc) is 2.88. The van der Waals surface area contributed by atoms with E-state index in [-0.39, 0.29) is 17.2 Å². The van der Waals surface area contributed by atoms with Crippen LogP contribution in [0.1, 0.15) is 0 Å². The molecule has 0 amide bonds. The topological polar surface area (TPSA) is 92.0 Å². The van der Waals surface area contributed by atoms with Gasteiger partial charge in [-0.05, 0) is 18.2 Å². The van der Waals surface area contributed by atoms with Crippen molar-refractivity contribution in [1.82, 2.24) is 15.1 Å². The highest BCUT2D eigenvalue weighted by Gasteiger charge is 2.11. The van der Waals surface area contributed by atoms with E-state index in [1.54, 1.807) is 24.3 Å². The fraction of sp³-hybridized carbons (Fsp3) is 0. The van der Waals surface area contributed by atoms with Gasteiger partial charge in [0.1, 0.15) is 5.75 Å². The van der Waals surface area contributed by atoms with Crippen LogP contribution in [-0.2, 0) is 0 Å². The van der Waals surface area contributed by atoms with E-state index in [2.05, 4.69) is 15.1 Å². The summed E-state index contributed by atoms with van der Waals surface area (Å²) < 4.78 is 5.10. The van der Waals surface area contributed by atoms with E-state index >= 15 is 0 Å². The predicted molar refractivity (Wildman–Crippen MR) is 67.5 cm³/mol. The van der Waals surface area contributed by atoms with Crippen molar-refractivity contribution in [3.8, 4) is 28.6 Å². The lowest BCUT2D eigenvalue weighted by Crippen LogP contribution is -2.01. The van der Waals surface area contributed by atoms with Gasteiger partial charge in [-0.1, -0.05) is 17.3 Å². The minimum atomic E-state index is -0.241. The van der Waals surface area contributed by atoms with E-state index in [0.29, 0.717) is 17.0 Å². The maximum absolute atomic E-state index is 11.2. The average molecular weight is 255 g/mol. The first-order valence-electron chi connectivity index (χ1n) is 5.54. The van der Waals surface area contributed by atoms with Gasteiger partial charge in [0.2, 0.25) is 11.4 Å². The minimum absolute atomic E-state index is 0.125. The van der Waals surface area contributed by atoms with E-state index < -0.39 is 0 Å². The lowest BCUT2D eigenvalue weighted by Gasteiger charge is -1.94. The molecule has 0 fully saturated rings. The van der Waals surface area contributed by atoms with Crippen LogP contribution >= 0.6 is 0 Å². The molecule has 6 heteroatoms. The number of nitrogens with zero attached hydrogens (tertiary/aromatic N) is 2. The van der Waals surface area contributed by atoms with Gasteiger partial charge in [0, 0.05) is 23.4 Å². The van der Waals surface area contributed by atoms with Gasteiger partial charge >= 0.3 is 0 Å². The summed E-state index contributed by atoms with van der Waals surface area (Å²) >= 11 is 0. The van der Waals surface area contributed by atoms with Gasteiger partial charge in [0.25, 0.3) is 5.89 Å². The summed E-state index contributed by atoms with van der Waals surface area (Å²) in [5, 5.41) is 13.2. The lowest BCUT2D eigenvalue weighted by atomic mass is 10.2. The van der Waals surface area contributed by atoms with E-state index in [1.807, 2.05) is 0 Å². The zero-order valence-corrected chi connectivity index (χ0v) is 9.70. The molecule has 3 aromatic rings. The van der Waals surface area contributed by atoms with Gasteiger partial charge in [-0.25, -0.2) is 0 Å². The van der Waals surface area contributed by atoms with Crippen LogP contribution in [0, 0.1) is 0 Å². The van der Waals surface area contributed by atoms with Crippen LogP contribution in [0.15, 0.2) is 51.9 Å². The third kappa shape index (κ3) is 2.23. The molecule has 0 saturated heterocycles. The molecule has 0 aliphatic carbocycles. The Hall–Kier alpha value is -2.89. The molecule has 0 bridgehead atoms. The molecular formula is C13H9N3O3. The monoisotopic (exact) mass is 255 g/mol. The first kappa shape index (κ1) is 11.2. The first-order valence-corrected chi connectivity index (χ1v) is 5.54. The molecule has 1 aromatic carbocycles. The minimum Gasteiger partial charge on any atom is -0.508 e. The zero-order valence-electron chi connectivity index (χ0n) is 9.70. The van der Waals surface area contributed by atoms with E-state index in [4.69, 9.17) is 4.52 Å². The Balaban J connectivity index is 2.02. The van der Waals surface area contributed by atoms with Gasteiger partial charge in [0.05, 0.1) is 0 Å². The van der Waals surface area contributed by atoms with Crippen LogP contribution in [0.4, 0.5) is 0 Å². The Morgan fingerprint density at radius 1 is 1.16 bits per heavy atom. The number of aromatic nitrogens is 3.